The second kappa shape index (κ2) is 63.6. The van der Waals surface area contributed by atoms with Crippen LogP contribution in [0.5, 0.6) is 0 Å². The summed E-state index contributed by atoms with van der Waals surface area (Å²) < 4.78 is 16.8. The first-order valence-electron chi connectivity index (χ1n) is 31.0. The number of hydrogen-bond acceptors (Lipinski definition) is 6. The second-order valence-electron chi connectivity index (χ2n) is 19.9. The number of carbonyl (C=O) groups is 3. The predicted molar refractivity (Wildman–Crippen MR) is 334 cm³/mol. The average molecular weight is 1060 g/mol. The Bertz CT molecular complexity index is 1740. The van der Waals surface area contributed by atoms with Crippen LogP contribution in [0.15, 0.2) is 158 Å². The van der Waals surface area contributed by atoms with E-state index in [4.69, 9.17) is 14.2 Å². The number of ether oxygens (including phenoxy) is 3. The topological polar surface area (TPSA) is 78.9 Å². The summed E-state index contributed by atoms with van der Waals surface area (Å²) >= 11 is 0. The summed E-state index contributed by atoms with van der Waals surface area (Å²) in [6, 6.07) is 0. The van der Waals surface area contributed by atoms with Crippen molar-refractivity contribution in [2.75, 3.05) is 13.2 Å². The molecule has 0 rings (SSSR count). The van der Waals surface area contributed by atoms with Crippen molar-refractivity contribution in [3.63, 3.8) is 0 Å². The van der Waals surface area contributed by atoms with Crippen LogP contribution in [0.4, 0.5) is 0 Å². The Morgan fingerprint density at radius 2 is 0.519 bits per heavy atom. The minimum Gasteiger partial charge on any atom is -0.462 e. The normalized spacial score (nSPS) is 13.2. The number of esters is 3. The van der Waals surface area contributed by atoms with Crippen LogP contribution in [0.3, 0.4) is 0 Å². The van der Waals surface area contributed by atoms with Gasteiger partial charge in [-0.1, -0.05) is 269 Å². The third-order valence-corrected chi connectivity index (χ3v) is 12.5. The number of hydrogen-bond donors (Lipinski definition) is 0. The van der Waals surface area contributed by atoms with Gasteiger partial charge in [-0.05, 0) is 122 Å². The summed E-state index contributed by atoms with van der Waals surface area (Å²) in [5.41, 5.74) is 0. The second-order valence-corrected chi connectivity index (χ2v) is 19.9. The first-order valence-corrected chi connectivity index (χ1v) is 31.0. The number of rotatable bonds is 54. The van der Waals surface area contributed by atoms with Gasteiger partial charge in [0.1, 0.15) is 13.2 Å². The van der Waals surface area contributed by atoms with Gasteiger partial charge in [0.05, 0.1) is 0 Å². The molecule has 0 aromatic rings. The van der Waals surface area contributed by atoms with Crippen molar-refractivity contribution in [2.24, 2.45) is 0 Å². The minimum absolute atomic E-state index is 0.107. The van der Waals surface area contributed by atoms with E-state index in [1.807, 2.05) is 0 Å². The van der Waals surface area contributed by atoms with Crippen molar-refractivity contribution in [3.05, 3.63) is 158 Å². The molecule has 0 aliphatic heterocycles. The molecule has 0 heterocycles. The SMILES string of the molecule is CC/C=C\C/C=C\C/C=C\C/C=C\C/C=C\C/C=C\C/C=C\C/C=C\CCCCCCCCCCC(=O)OCC(COC(=O)CCCCCCCCCCC)OC(=O)CCC/C=C\C/C=C\C/C=C\C/C=C\C/C=C\CC. The molecule has 0 saturated carbocycles. The molecular formula is C71H112O6. The van der Waals surface area contributed by atoms with E-state index in [0.717, 1.165) is 135 Å². The van der Waals surface area contributed by atoms with Crippen LogP contribution in [0.2, 0.25) is 0 Å². The molecule has 0 aromatic carbocycles. The van der Waals surface area contributed by atoms with E-state index in [9.17, 15) is 14.4 Å². The molecule has 0 aliphatic carbocycles. The molecule has 6 heteroatoms. The first-order chi connectivity index (χ1) is 38.0. The Balaban J connectivity index is 4.28. The fraction of sp³-hybridized carbons (Fsp3) is 0.592. The Hall–Kier alpha value is -4.97. The zero-order valence-corrected chi connectivity index (χ0v) is 49.4. The van der Waals surface area contributed by atoms with Crippen LogP contribution >= 0.6 is 0 Å². The van der Waals surface area contributed by atoms with Crippen LogP contribution in [0.1, 0.15) is 252 Å². The summed E-state index contributed by atoms with van der Waals surface area (Å²) in [5, 5.41) is 0. The molecule has 0 amide bonds. The number of unbranched alkanes of at least 4 members (excludes halogenated alkanes) is 17. The maximum absolute atomic E-state index is 12.8. The highest BCUT2D eigenvalue weighted by molar-refractivity contribution is 5.71. The largest absolute Gasteiger partial charge is 0.462 e. The maximum atomic E-state index is 12.8. The Morgan fingerprint density at radius 3 is 0.831 bits per heavy atom. The van der Waals surface area contributed by atoms with Gasteiger partial charge in [0.2, 0.25) is 0 Å². The summed E-state index contributed by atoms with van der Waals surface area (Å²) in [6.07, 6.45) is 92.6. The third kappa shape index (κ3) is 61.8. The zero-order chi connectivity index (χ0) is 55.7. The van der Waals surface area contributed by atoms with Crippen molar-refractivity contribution in [1.29, 1.82) is 0 Å². The molecule has 0 aliphatic rings. The fourth-order valence-corrected chi connectivity index (χ4v) is 7.96. The summed E-state index contributed by atoms with van der Waals surface area (Å²) in [4.78, 5) is 38.1. The smallest absolute Gasteiger partial charge is 0.306 e. The lowest BCUT2D eigenvalue weighted by molar-refractivity contribution is -0.167. The van der Waals surface area contributed by atoms with Crippen LogP contribution in [0.25, 0.3) is 0 Å². The zero-order valence-electron chi connectivity index (χ0n) is 49.4. The van der Waals surface area contributed by atoms with Gasteiger partial charge in [-0.3, -0.25) is 14.4 Å². The van der Waals surface area contributed by atoms with Gasteiger partial charge in [-0.25, -0.2) is 0 Å². The van der Waals surface area contributed by atoms with Crippen LogP contribution in [-0.2, 0) is 28.6 Å². The van der Waals surface area contributed by atoms with Crippen molar-refractivity contribution < 1.29 is 28.6 Å². The van der Waals surface area contributed by atoms with E-state index in [2.05, 4.69) is 179 Å². The summed E-state index contributed by atoms with van der Waals surface area (Å²) in [7, 11) is 0. The molecule has 0 N–H and O–H groups in total. The van der Waals surface area contributed by atoms with E-state index in [0.29, 0.717) is 19.3 Å². The molecule has 6 nitrogen and oxygen atoms in total. The predicted octanol–water partition coefficient (Wildman–Crippen LogP) is 21.3. The molecule has 0 saturated heterocycles. The molecule has 0 aromatic heterocycles. The summed E-state index contributed by atoms with van der Waals surface area (Å²) in [5.74, 6) is -0.983. The molecule has 0 radical (unpaired) electrons. The van der Waals surface area contributed by atoms with E-state index in [-0.39, 0.29) is 37.5 Å². The lowest BCUT2D eigenvalue weighted by Crippen LogP contribution is -2.30. The molecule has 1 unspecified atom stereocenters. The molecule has 77 heavy (non-hydrogen) atoms. The summed E-state index contributed by atoms with van der Waals surface area (Å²) in [6.45, 7) is 6.32. The van der Waals surface area contributed by atoms with Crippen molar-refractivity contribution in [1.82, 2.24) is 0 Å². The van der Waals surface area contributed by atoms with Crippen molar-refractivity contribution >= 4 is 17.9 Å². The monoisotopic (exact) mass is 1060 g/mol. The molecule has 0 fully saturated rings. The molecule has 432 valence electrons. The van der Waals surface area contributed by atoms with Gasteiger partial charge in [0, 0.05) is 19.3 Å². The Kier molecular flexibility index (Phi) is 59.5. The maximum Gasteiger partial charge on any atom is 0.306 e. The Labute approximate surface area is 473 Å². The minimum atomic E-state index is -0.816. The van der Waals surface area contributed by atoms with Gasteiger partial charge < -0.3 is 14.2 Å². The van der Waals surface area contributed by atoms with Crippen molar-refractivity contribution in [3.8, 4) is 0 Å². The van der Waals surface area contributed by atoms with Gasteiger partial charge in [0.15, 0.2) is 6.10 Å². The van der Waals surface area contributed by atoms with Crippen LogP contribution in [0, 0.1) is 0 Å². The van der Waals surface area contributed by atoms with E-state index < -0.39 is 6.10 Å². The van der Waals surface area contributed by atoms with E-state index >= 15 is 0 Å². The number of allylic oxidation sites excluding steroid dienone is 26. The third-order valence-electron chi connectivity index (χ3n) is 12.5. The van der Waals surface area contributed by atoms with E-state index in [1.54, 1.807) is 0 Å². The number of carbonyl (C=O) groups excluding carboxylic acids is 3. The first kappa shape index (κ1) is 72.0. The standard InChI is InChI=1S/C71H112O6/c1-4-7-10-13-16-19-21-23-25-27-28-29-30-31-32-33-34-35-36-37-38-39-40-41-42-44-45-47-49-52-55-58-61-64-70(73)76-67-68(66-75-69(72)63-60-57-54-51-18-15-12-9-6-3)77-71(74)65-62-59-56-53-50-48-46-43-26-24-22-20-17-14-11-8-5-2/h7-8,10-11,16-17,19-20,23-26,28-29,31-32,34-35,37-38,40-41,46,48,53,56,68H,4-6,9,12-15,18,21-22,27,30,33,36,39,42-45,47,49-52,54-55,57-67H2,1-3H3/b10-7-,11-8-,19-16-,20-17-,25-23-,26-24-,29-28-,32-31-,35-34-,38-37-,41-40-,48-46-,56-53-. The van der Waals surface area contributed by atoms with Gasteiger partial charge in [-0.15, -0.1) is 0 Å². The molecular weight excluding hydrogens is 949 g/mol. The lowest BCUT2D eigenvalue weighted by atomic mass is 10.1. The highest BCUT2D eigenvalue weighted by atomic mass is 16.6. The van der Waals surface area contributed by atoms with Crippen molar-refractivity contribution in [2.45, 2.75) is 258 Å². The molecule has 0 bridgehead atoms. The fourth-order valence-electron chi connectivity index (χ4n) is 7.96. The van der Waals surface area contributed by atoms with Gasteiger partial charge in [0.25, 0.3) is 0 Å². The average Bonchev–Trinajstić information content (AvgIpc) is 3.43. The quantitative estimate of drug-likeness (QED) is 0.0261. The highest BCUT2D eigenvalue weighted by Gasteiger charge is 2.19. The molecule has 0 spiro atoms. The van der Waals surface area contributed by atoms with Crippen LogP contribution < -0.4 is 0 Å². The highest BCUT2D eigenvalue weighted by Crippen LogP contribution is 2.14. The van der Waals surface area contributed by atoms with Crippen LogP contribution in [-0.4, -0.2) is 37.2 Å². The Morgan fingerprint density at radius 1 is 0.273 bits per heavy atom. The lowest BCUT2D eigenvalue weighted by Gasteiger charge is -2.18. The van der Waals surface area contributed by atoms with E-state index in [1.165, 1.54) is 70.6 Å². The van der Waals surface area contributed by atoms with Gasteiger partial charge >= 0.3 is 17.9 Å². The van der Waals surface area contributed by atoms with Gasteiger partial charge in [-0.2, -0.15) is 0 Å². The molecule has 1 atom stereocenters.